The summed E-state index contributed by atoms with van der Waals surface area (Å²) in [6.07, 6.45) is 3.23. The number of nitrogens with one attached hydrogen (secondary N) is 1. The van der Waals surface area contributed by atoms with Gasteiger partial charge in [0.2, 0.25) is 0 Å². The van der Waals surface area contributed by atoms with Crippen LogP contribution in [0.2, 0.25) is 0 Å². The van der Waals surface area contributed by atoms with E-state index in [1.54, 1.807) is 12.1 Å². The van der Waals surface area contributed by atoms with Crippen LogP contribution in [0.15, 0.2) is 18.2 Å². The predicted octanol–water partition coefficient (Wildman–Crippen LogP) is 2.52. The third-order valence-electron chi connectivity index (χ3n) is 3.27. The van der Waals surface area contributed by atoms with Crippen molar-refractivity contribution < 1.29 is 9.13 Å². The van der Waals surface area contributed by atoms with Crippen LogP contribution in [-0.2, 0) is 6.42 Å². The maximum Gasteiger partial charge on any atom is 0.165 e. The lowest BCUT2D eigenvalue weighted by Crippen LogP contribution is -2.38. The van der Waals surface area contributed by atoms with Crippen molar-refractivity contribution in [1.82, 2.24) is 5.32 Å². The Morgan fingerprint density at radius 2 is 2.31 bits per heavy atom. The van der Waals surface area contributed by atoms with Gasteiger partial charge in [-0.15, -0.1) is 0 Å². The Morgan fingerprint density at radius 3 is 2.88 bits per heavy atom. The summed E-state index contributed by atoms with van der Waals surface area (Å²) in [5.74, 6) is 0.0369. The molecule has 0 spiro atoms. The fourth-order valence-corrected chi connectivity index (χ4v) is 2.38. The molecule has 1 N–H and O–H groups in total. The highest BCUT2D eigenvalue weighted by Gasteiger charge is 2.28. The average molecular weight is 223 g/mol. The van der Waals surface area contributed by atoms with Crippen LogP contribution in [0.4, 0.5) is 4.39 Å². The first-order valence-electron chi connectivity index (χ1n) is 5.70. The largest absolute Gasteiger partial charge is 0.494 e. The molecule has 0 saturated carbocycles. The maximum atomic E-state index is 13.5. The minimum absolute atomic E-state index is 0.126. The maximum absolute atomic E-state index is 13.5. The summed E-state index contributed by atoms with van der Waals surface area (Å²) in [4.78, 5) is 0. The van der Waals surface area contributed by atoms with Gasteiger partial charge in [0.05, 0.1) is 7.11 Å². The van der Waals surface area contributed by atoms with E-state index in [1.165, 1.54) is 13.5 Å². The molecule has 0 amide bonds. The molecule has 2 rings (SSSR count). The SMILES string of the molecule is COc1ccc(CC2(C)CCCN2)cc1F. The van der Waals surface area contributed by atoms with Gasteiger partial charge in [-0.3, -0.25) is 0 Å². The Kier molecular flexibility index (Phi) is 3.15. The van der Waals surface area contributed by atoms with E-state index in [9.17, 15) is 4.39 Å². The Hall–Kier alpha value is -1.09. The third kappa shape index (κ3) is 2.35. The molecule has 1 aliphatic rings. The van der Waals surface area contributed by atoms with Gasteiger partial charge in [-0.25, -0.2) is 4.39 Å². The highest BCUT2D eigenvalue weighted by molar-refractivity contribution is 5.30. The Morgan fingerprint density at radius 1 is 1.50 bits per heavy atom. The molecule has 1 aliphatic heterocycles. The highest BCUT2D eigenvalue weighted by atomic mass is 19.1. The van der Waals surface area contributed by atoms with Crippen LogP contribution in [0.5, 0.6) is 5.75 Å². The van der Waals surface area contributed by atoms with Gasteiger partial charge in [-0.2, -0.15) is 0 Å². The molecule has 1 saturated heterocycles. The fraction of sp³-hybridized carbons (Fsp3) is 0.538. The molecule has 88 valence electrons. The molecule has 3 heteroatoms. The summed E-state index contributed by atoms with van der Waals surface area (Å²) in [7, 11) is 1.48. The first-order valence-corrected chi connectivity index (χ1v) is 5.70. The third-order valence-corrected chi connectivity index (χ3v) is 3.27. The first kappa shape index (κ1) is 11.4. The zero-order valence-corrected chi connectivity index (χ0v) is 9.85. The smallest absolute Gasteiger partial charge is 0.165 e. The molecule has 0 aromatic heterocycles. The molecule has 0 aliphatic carbocycles. The zero-order chi connectivity index (χ0) is 11.6. The number of hydrogen-bond donors (Lipinski definition) is 1. The molecule has 1 atom stereocenters. The number of hydrogen-bond acceptors (Lipinski definition) is 2. The highest BCUT2D eigenvalue weighted by Crippen LogP contribution is 2.25. The van der Waals surface area contributed by atoms with E-state index in [4.69, 9.17) is 4.74 Å². The minimum Gasteiger partial charge on any atom is -0.494 e. The van der Waals surface area contributed by atoms with Gasteiger partial charge < -0.3 is 10.1 Å². The molecule has 16 heavy (non-hydrogen) atoms. The quantitative estimate of drug-likeness (QED) is 0.850. The van der Waals surface area contributed by atoms with Gasteiger partial charge in [0.15, 0.2) is 11.6 Å². The zero-order valence-electron chi connectivity index (χ0n) is 9.85. The van der Waals surface area contributed by atoms with Crippen molar-refractivity contribution in [3.05, 3.63) is 29.6 Å². The second-order valence-electron chi connectivity index (χ2n) is 4.74. The molecule has 0 bridgehead atoms. The van der Waals surface area contributed by atoms with Crippen LogP contribution in [0, 0.1) is 5.82 Å². The molecular formula is C13H18FNO. The summed E-state index contributed by atoms with van der Waals surface area (Å²) >= 11 is 0. The summed E-state index contributed by atoms with van der Waals surface area (Å²) in [5, 5.41) is 3.48. The molecule has 1 aromatic rings. The van der Waals surface area contributed by atoms with Crippen LogP contribution in [-0.4, -0.2) is 19.2 Å². The van der Waals surface area contributed by atoms with Crippen molar-refractivity contribution in [1.29, 1.82) is 0 Å². The molecule has 0 radical (unpaired) electrons. The van der Waals surface area contributed by atoms with Crippen molar-refractivity contribution in [2.75, 3.05) is 13.7 Å². The molecule has 1 aromatic carbocycles. The van der Waals surface area contributed by atoms with Gasteiger partial charge in [0.1, 0.15) is 0 Å². The van der Waals surface area contributed by atoms with E-state index < -0.39 is 0 Å². The molecular weight excluding hydrogens is 205 g/mol. The minimum atomic E-state index is -0.276. The summed E-state index contributed by atoms with van der Waals surface area (Å²) in [5.41, 5.74) is 1.15. The van der Waals surface area contributed by atoms with E-state index in [-0.39, 0.29) is 11.4 Å². The van der Waals surface area contributed by atoms with Crippen molar-refractivity contribution in [3.8, 4) is 5.75 Å². The molecule has 1 unspecified atom stereocenters. The topological polar surface area (TPSA) is 21.3 Å². The number of methoxy groups -OCH3 is 1. The summed E-state index contributed by atoms with van der Waals surface area (Å²) in [6.45, 7) is 3.26. The van der Waals surface area contributed by atoms with Crippen LogP contribution >= 0.6 is 0 Å². The fourth-order valence-electron chi connectivity index (χ4n) is 2.38. The van der Waals surface area contributed by atoms with Crippen molar-refractivity contribution in [2.45, 2.75) is 31.7 Å². The van der Waals surface area contributed by atoms with Gasteiger partial charge in [0, 0.05) is 5.54 Å². The molecule has 2 nitrogen and oxygen atoms in total. The lowest BCUT2D eigenvalue weighted by molar-refractivity contribution is 0.383. The lowest BCUT2D eigenvalue weighted by Gasteiger charge is -2.24. The Bertz CT molecular complexity index is 372. The number of halogens is 1. The van der Waals surface area contributed by atoms with Crippen molar-refractivity contribution in [3.63, 3.8) is 0 Å². The number of ether oxygens (including phenoxy) is 1. The second-order valence-corrected chi connectivity index (χ2v) is 4.74. The first-order chi connectivity index (χ1) is 7.63. The second kappa shape index (κ2) is 4.42. The van der Waals surface area contributed by atoms with Crippen LogP contribution in [0.1, 0.15) is 25.3 Å². The molecule has 1 fully saturated rings. The van der Waals surface area contributed by atoms with Gasteiger partial charge in [0.25, 0.3) is 0 Å². The van der Waals surface area contributed by atoms with Gasteiger partial charge in [-0.05, 0) is 50.4 Å². The van der Waals surface area contributed by atoms with E-state index >= 15 is 0 Å². The summed E-state index contributed by atoms with van der Waals surface area (Å²) < 4.78 is 18.4. The number of rotatable bonds is 3. The Labute approximate surface area is 95.8 Å². The van der Waals surface area contributed by atoms with Gasteiger partial charge >= 0.3 is 0 Å². The summed E-state index contributed by atoms with van der Waals surface area (Å²) in [6, 6.07) is 5.21. The Balaban J connectivity index is 2.13. The normalized spacial score (nSPS) is 24.7. The lowest BCUT2D eigenvalue weighted by atomic mass is 9.91. The average Bonchev–Trinajstić information content (AvgIpc) is 2.65. The van der Waals surface area contributed by atoms with Crippen molar-refractivity contribution >= 4 is 0 Å². The van der Waals surface area contributed by atoms with E-state index in [2.05, 4.69) is 12.2 Å². The number of benzene rings is 1. The van der Waals surface area contributed by atoms with Crippen molar-refractivity contribution in [2.24, 2.45) is 0 Å². The van der Waals surface area contributed by atoms with E-state index in [0.29, 0.717) is 5.75 Å². The molecule has 1 heterocycles. The standard InChI is InChI=1S/C13H18FNO/c1-13(6-3-7-15-13)9-10-4-5-12(16-2)11(14)8-10/h4-5,8,15H,3,6-7,9H2,1-2H3. The monoisotopic (exact) mass is 223 g/mol. The van der Waals surface area contributed by atoms with Crippen LogP contribution < -0.4 is 10.1 Å². The van der Waals surface area contributed by atoms with E-state index in [1.807, 2.05) is 6.07 Å². The van der Waals surface area contributed by atoms with Crippen LogP contribution in [0.25, 0.3) is 0 Å². The van der Waals surface area contributed by atoms with E-state index in [0.717, 1.165) is 24.9 Å². The van der Waals surface area contributed by atoms with Gasteiger partial charge in [-0.1, -0.05) is 6.07 Å². The predicted molar refractivity (Wildman–Crippen MR) is 62.3 cm³/mol. The van der Waals surface area contributed by atoms with Crippen LogP contribution in [0.3, 0.4) is 0 Å².